The molecule has 0 saturated heterocycles. The molecule has 0 atom stereocenters. The summed E-state index contributed by atoms with van der Waals surface area (Å²) in [6.45, 7) is 1.86. The number of rotatable bonds is 4. The van der Waals surface area contributed by atoms with Crippen molar-refractivity contribution in [3.8, 4) is 0 Å². The van der Waals surface area contributed by atoms with Gasteiger partial charge in [-0.1, -0.05) is 23.8 Å². The van der Waals surface area contributed by atoms with Crippen LogP contribution in [0.4, 0.5) is 5.82 Å². The topological polar surface area (TPSA) is 87.6 Å². The number of carbonyl (C=O) groups is 1. The highest BCUT2D eigenvalue weighted by Crippen LogP contribution is 2.20. The molecule has 0 bridgehead atoms. The van der Waals surface area contributed by atoms with Crippen LogP contribution in [-0.4, -0.2) is 31.5 Å². The SMILES string of the molecule is Cc1ccc(S(=O)(=O)N(C)c2cccc(C(=O)O)n2)cc1. The summed E-state index contributed by atoms with van der Waals surface area (Å²) in [4.78, 5) is 14.9. The zero-order valence-corrected chi connectivity index (χ0v) is 12.3. The average Bonchev–Trinajstić information content (AvgIpc) is 2.47. The molecule has 0 fully saturated rings. The van der Waals surface area contributed by atoms with Gasteiger partial charge in [0.15, 0.2) is 5.69 Å². The zero-order chi connectivity index (χ0) is 15.6. The third-order valence-electron chi connectivity index (χ3n) is 2.96. The van der Waals surface area contributed by atoms with Crippen LogP contribution >= 0.6 is 0 Å². The number of aromatic carboxylic acids is 1. The normalized spacial score (nSPS) is 11.1. The number of hydrogen-bond donors (Lipinski definition) is 1. The molecule has 0 aliphatic heterocycles. The van der Waals surface area contributed by atoms with E-state index < -0.39 is 16.0 Å². The fourth-order valence-electron chi connectivity index (χ4n) is 1.71. The second-order valence-electron chi connectivity index (χ2n) is 4.47. The summed E-state index contributed by atoms with van der Waals surface area (Å²) in [6, 6.07) is 10.6. The summed E-state index contributed by atoms with van der Waals surface area (Å²) in [5.74, 6) is -1.16. The van der Waals surface area contributed by atoms with Gasteiger partial charge in [0.1, 0.15) is 5.82 Å². The number of benzene rings is 1. The number of carboxylic acid groups (broad SMARTS) is 1. The van der Waals surface area contributed by atoms with E-state index in [-0.39, 0.29) is 16.4 Å². The molecule has 0 spiro atoms. The standard InChI is InChI=1S/C14H14N2O4S/c1-10-6-8-11(9-7-10)21(19,20)16(2)13-5-3-4-12(15-13)14(17)18/h3-9H,1-2H3,(H,17,18). The second kappa shape index (κ2) is 5.53. The molecule has 0 radical (unpaired) electrons. The maximum absolute atomic E-state index is 12.5. The van der Waals surface area contributed by atoms with Gasteiger partial charge in [0.2, 0.25) is 0 Å². The minimum atomic E-state index is -3.77. The molecule has 1 aromatic heterocycles. The van der Waals surface area contributed by atoms with Gasteiger partial charge < -0.3 is 5.11 Å². The first kappa shape index (κ1) is 15.0. The molecular weight excluding hydrogens is 292 g/mol. The predicted octanol–water partition coefficient (Wildman–Crippen LogP) is 1.91. The molecule has 0 saturated carbocycles. The Morgan fingerprint density at radius 1 is 1.14 bits per heavy atom. The van der Waals surface area contributed by atoms with Crippen molar-refractivity contribution in [3.05, 3.63) is 53.7 Å². The fourth-order valence-corrected chi connectivity index (χ4v) is 2.85. The lowest BCUT2D eigenvalue weighted by molar-refractivity contribution is 0.0690. The van der Waals surface area contributed by atoms with E-state index in [2.05, 4.69) is 4.98 Å². The minimum Gasteiger partial charge on any atom is -0.477 e. The van der Waals surface area contributed by atoms with E-state index in [0.29, 0.717) is 0 Å². The van der Waals surface area contributed by atoms with Crippen LogP contribution in [0.5, 0.6) is 0 Å². The summed E-state index contributed by atoms with van der Waals surface area (Å²) < 4.78 is 25.9. The lowest BCUT2D eigenvalue weighted by atomic mass is 10.2. The Hall–Kier alpha value is -2.41. The highest BCUT2D eigenvalue weighted by atomic mass is 32.2. The second-order valence-corrected chi connectivity index (χ2v) is 6.44. The maximum atomic E-state index is 12.5. The number of anilines is 1. The Morgan fingerprint density at radius 3 is 2.33 bits per heavy atom. The summed E-state index contributed by atoms with van der Waals surface area (Å²) in [5, 5.41) is 8.91. The van der Waals surface area contributed by atoms with Gasteiger partial charge in [0.25, 0.3) is 10.0 Å². The molecule has 6 nitrogen and oxygen atoms in total. The smallest absolute Gasteiger partial charge is 0.354 e. The van der Waals surface area contributed by atoms with Gasteiger partial charge in [0, 0.05) is 7.05 Å². The highest BCUT2D eigenvalue weighted by Gasteiger charge is 2.22. The molecule has 110 valence electrons. The molecule has 0 unspecified atom stereocenters. The number of pyridine rings is 1. The lowest BCUT2D eigenvalue weighted by Crippen LogP contribution is -2.27. The van der Waals surface area contributed by atoms with Crippen LogP contribution in [0, 0.1) is 6.92 Å². The molecule has 1 heterocycles. The van der Waals surface area contributed by atoms with Crippen LogP contribution in [0.15, 0.2) is 47.4 Å². The zero-order valence-electron chi connectivity index (χ0n) is 11.5. The van der Waals surface area contributed by atoms with Crippen molar-refractivity contribution in [2.24, 2.45) is 0 Å². The van der Waals surface area contributed by atoms with E-state index >= 15 is 0 Å². The van der Waals surface area contributed by atoms with Crippen LogP contribution < -0.4 is 4.31 Å². The van der Waals surface area contributed by atoms with Gasteiger partial charge in [-0.3, -0.25) is 4.31 Å². The number of nitrogens with zero attached hydrogens (tertiary/aromatic N) is 2. The van der Waals surface area contributed by atoms with Crippen LogP contribution in [0.1, 0.15) is 16.1 Å². The van der Waals surface area contributed by atoms with E-state index in [1.54, 1.807) is 12.1 Å². The van der Waals surface area contributed by atoms with E-state index in [1.807, 2.05) is 6.92 Å². The lowest BCUT2D eigenvalue weighted by Gasteiger charge is -2.18. The first-order chi connectivity index (χ1) is 9.82. The van der Waals surface area contributed by atoms with Crippen molar-refractivity contribution < 1.29 is 18.3 Å². The Kier molecular flexibility index (Phi) is 3.95. The highest BCUT2D eigenvalue weighted by molar-refractivity contribution is 7.92. The molecule has 7 heteroatoms. The predicted molar refractivity (Wildman–Crippen MR) is 78.0 cm³/mol. The minimum absolute atomic E-state index is 0.0514. The molecule has 21 heavy (non-hydrogen) atoms. The summed E-state index contributed by atoms with van der Waals surface area (Å²) in [5.41, 5.74) is 0.737. The number of aryl methyl sites for hydroxylation is 1. The summed E-state index contributed by atoms with van der Waals surface area (Å²) in [6.07, 6.45) is 0. The molecule has 1 N–H and O–H groups in total. The third-order valence-corrected chi connectivity index (χ3v) is 4.73. The third kappa shape index (κ3) is 3.03. The van der Waals surface area contributed by atoms with E-state index in [4.69, 9.17) is 5.11 Å². The fraction of sp³-hybridized carbons (Fsp3) is 0.143. The molecule has 2 rings (SSSR count). The first-order valence-electron chi connectivity index (χ1n) is 6.08. The van der Waals surface area contributed by atoms with E-state index in [1.165, 1.54) is 37.4 Å². The molecule has 0 amide bonds. The van der Waals surface area contributed by atoms with Crippen LogP contribution in [0.3, 0.4) is 0 Å². The van der Waals surface area contributed by atoms with Crippen LogP contribution in [-0.2, 0) is 10.0 Å². The number of hydrogen-bond acceptors (Lipinski definition) is 4. The number of carboxylic acids is 1. The van der Waals surface area contributed by atoms with Crippen molar-refractivity contribution in [3.63, 3.8) is 0 Å². The Bertz CT molecular complexity index is 770. The number of sulfonamides is 1. The van der Waals surface area contributed by atoms with Crippen molar-refractivity contribution in [1.82, 2.24) is 4.98 Å². The molecule has 2 aromatic rings. The van der Waals surface area contributed by atoms with Crippen molar-refractivity contribution in [2.75, 3.05) is 11.4 Å². The van der Waals surface area contributed by atoms with Gasteiger partial charge in [-0.2, -0.15) is 0 Å². The van der Waals surface area contributed by atoms with Crippen molar-refractivity contribution >= 4 is 21.8 Å². The van der Waals surface area contributed by atoms with Crippen LogP contribution in [0.2, 0.25) is 0 Å². The van der Waals surface area contributed by atoms with Gasteiger partial charge in [-0.05, 0) is 31.2 Å². The molecule has 0 aliphatic rings. The summed E-state index contributed by atoms with van der Waals surface area (Å²) in [7, 11) is -2.44. The maximum Gasteiger partial charge on any atom is 0.354 e. The Labute approximate surface area is 122 Å². The molecule has 0 aliphatic carbocycles. The average molecular weight is 306 g/mol. The molecule has 1 aromatic carbocycles. The van der Waals surface area contributed by atoms with E-state index in [9.17, 15) is 13.2 Å². The van der Waals surface area contributed by atoms with Crippen molar-refractivity contribution in [1.29, 1.82) is 0 Å². The van der Waals surface area contributed by atoms with Gasteiger partial charge >= 0.3 is 5.97 Å². The molecular formula is C14H14N2O4S. The number of aromatic nitrogens is 1. The van der Waals surface area contributed by atoms with Gasteiger partial charge in [-0.25, -0.2) is 18.2 Å². The van der Waals surface area contributed by atoms with E-state index in [0.717, 1.165) is 9.87 Å². The quantitative estimate of drug-likeness (QED) is 0.932. The largest absolute Gasteiger partial charge is 0.477 e. The Morgan fingerprint density at radius 2 is 1.76 bits per heavy atom. The van der Waals surface area contributed by atoms with Crippen LogP contribution in [0.25, 0.3) is 0 Å². The monoisotopic (exact) mass is 306 g/mol. The Balaban J connectivity index is 2.43. The first-order valence-corrected chi connectivity index (χ1v) is 7.52. The van der Waals surface area contributed by atoms with Gasteiger partial charge in [0.05, 0.1) is 4.90 Å². The van der Waals surface area contributed by atoms with Crippen molar-refractivity contribution in [2.45, 2.75) is 11.8 Å². The summed E-state index contributed by atoms with van der Waals surface area (Å²) >= 11 is 0. The van der Waals surface area contributed by atoms with Gasteiger partial charge in [-0.15, -0.1) is 0 Å².